The second-order valence-electron chi connectivity index (χ2n) is 14.2. The normalized spacial score (nSPS) is 14.5. The van der Waals surface area contributed by atoms with Crippen molar-refractivity contribution in [2.45, 2.75) is 16.2 Å². The molecule has 0 saturated heterocycles. The summed E-state index contributed by atoms with van der Waals surface area (Å²) in [5, 5.41) is 0. The van der Waals surface area contributed by atoms with Crippen molar-refractivity contribution >= 4 is 78.1 Å². The van der Waals surface area contributed by atoms with Crippen molar-refractivity contribution < 1.29 is 8.42 Å². The molecular weight excluding hydrogens is 709 g/mol. The van der Waals surface area contributed by atoms with Crippen LogP contribution in [0.15, 0.2) is 204 Å². The zero-order chi connectivity index (χ0) is 37.4. The molecule has 0 unspecified atom stereocenters. The lowest BCUT2D eigenvalue weighted by Crippen LogP contribution is -2.25. The van der Waals surface area contributed by atoms with Crippen LogP contribution < -0.4 is 19.6 Å². The lowest BCUT2D eigenvalue weighted by Gasteiger charge is -2.40. The molecule has 6 nitrogen and oxygen atoms in total. The molecule has 0 saturated carbocycles. The average Bonchev–Trinajstić information content (AvgIpc) is 3.25. The van der Waals surface area contributed by atoms with Crippen LogP contribution in [0.2, 0.25) is 0 Å². The van der Waals surface area contributed by atoms with Crippen LogP contribution in [0.25, 0.3) is 0 Å². The van der Waals surface area contributed by atoms with E-state index < -0.39 is 9.84 Å². The number of hydrogen-bond donors (Lipinski definition) is 0. The van der Waals surface area contributed by atoms with Gasteiger partial charge < -0.3 is 19.6 Å². The van der Waals surface area contributed by atoms with Gasteiger partial charge in [-0.1, -0.05) is 84.9 Å². The highest BCUT2D eigenvalue weighted by atomic mass is 32.2. The molecule has 3 aliphatic rings. The van der Waals surface area contributed by atoms with Crippen LogP contribution in [0, 0.1) is 0 Å². The number of nitrogens with zero attached hydrogens (tertiary/aromatic N) is 4. The molecular formula is C49H34N4O2S. The maximum Gasteiger partial charge on any atom is 0.207 e. The fraction of sp³-hybridized carbons (Fsp3) is 0.0204. The number of anilines is 12. The minimum atomic E-state index is -3.78. The lowest BCUT2D eigenvalue weighted by atomic mass is 9.99. The predicted octanol–water partition coefficient (Wildman–Crippen LogP) is 12.9. The van der Waals surface area contributed by atoms with E-state index in [0.717, 1.165) is 79.4 Å². The topological polar surface area (TPSA) is 47.1 Å². The molecule has 0 aromatic heterocycles. The number of fused-ring (bicyclic) bond motifs is 6. The van der Waals surface area contributed by atoms with Gasteiger partial charge >= 0.3 is 0 Å². The molecule has 0 fully saturated rings. The third-order valence-corrected chi connectivity index (χ3v) is 13.0. The maximum absolute atomic E-state index is 14.4. The van der Waals surface area contributed by atoms with Crippen LogP contribution in [-0.2, 0) is 16.3 Å². The Morgan fingerprint density at radius 3 is 0.875 bits per heavy atom. The number of hydrogen-bond acceptors (Lipinski definition) is 6. The Labute approximate surface area is 326 Å². The second kappa shape index (κ2) is 12.5. The van der Waals surface area contributed by atoms with Gasteiger partial charge in [-0.15, -0.1) is 0 Å². The molecule has 0 spiro atoms. The molecule has 8 aromatic rings. The molecule has 0 atom stereocenters. The molecule has 0 N–H and O–H groups in total. The van der Waals surface area contributed by atoms with Gasteiger partial charge in [0.25, 0.3) is 0 Å². The first-order valence-corrected chi connectivity index (χ1v) is 20.2. The lowest BCUT2D eigenvalue weighted by molar-refractivity contribution is 0.591. The van der Waals surface area contributed by atoms with Gasteiger partial charge in [-0.25, -0.2) is 8.42 Å². The maximum atomic E-state index is 14.4. The number of sulfone groups is 1. The first-order valence-electron chi connectivity index (χ1n) is 18.7. The molecule has 3 aliphatic heterocycles. The third-order valence-electron chi connectivity index (χ3n) is 11.0. The standard InChI is InChI=1S/C49H34N4O2S/c54-56(55)48-29-27-38(52-44-23-11-7-19-40(44)50(36-15-3-1-4-16-36)41-20-8-12-24-45(41)52)32-34(48)31-35-33-39(28-30-49(35)56)53-46-25-13-9-21-42(46)51(37-17-5-2-6-18-37)43-22-10-14-26-47(43)53/h1-30,32-33H,31H2. The average molecular weight is 743 g/mol. The van der Waals surface area contributed by atoms with Gasteiger partial charge in [0.05, 0.1) is 55.3 Å². The molecule has 0 bridgehead atoms. The van der Waals surface area contributed by atoms with Crippen molar-refractivity contribution in [3.63, 3.8) is 0 Å². The third kappa shape index (κ3) is 4.84. The molecule has 3 heterocycles. The van der Waals surface area contributed by atoms with E-state index in [1.54, 1.807) is 12.1 Å². The van der Waals surface area contributed by atoms with Crippen LogP contribution in [0.4, 0.5) is 68.2 Å². The van der Waals surface area contributed by atoms with Crippen molar-refractivity contribution in [3.05, 3.63) is 205 Å². The summed E-state index contributed by atoms with van der Waals surface area (Å²) in [4.78, 5) is 9.80. The van der Waals surface area contributed by atoms with Gasteiger partial charge in [-0.2, -0.15) is 0 Å². The van der Waals surface area contributed by atoms with E-state index in [1.165, 1.54) is 0 Å². The van der Waals surface area contributed by atoms with Gasteiger partial charge in [-0.05, 0) is 120 Å². The SMILES string of the molecule is O=S1(=O)c2ccc(N3c4ccccc4N(c4ccccc4)c4ccccc43)cc2Cc2cc(N3c4ccccc4N(c4ccccc4)c4ccccc43)ccc21. The highest BCUT2D eigenvalue weighted by molar-refractivity contribution is 7.91. The van der Waals surface area contributed by atoms with Gasteiger partial charge in [0.15, 0.2) is 0 Å². The van der Waals surface area contributed by atoms with Crippen molar-refractivity contribution in [3.8, 4) is 0 Å². The molecule has 56 heavy (non-hydrogen) atoms. The Morgan fingerprint density at radius 1 is 0.304 bits per heavy atom. The Morgan fingerprint density at radius 2 is 0.571 bits per heavy atom. The van der Waals surface area contributed by atoms with Crippen LogP contribution in [-0.4, -0.2) is 8.42 Å². The zero-order valence-electron chi connectivity index (χ0n) is 30.2. The van der Waals surface area contributed by atoms with Crippen LogP contribution in [0.5, 0.6) is 0 Å². The quantitative estimate of drug-likeness (QED) is 0.179. The Balaban J connectivity index is 1.02. The van der Waals surface area contributed by atoms with Crippen LogP contribution >= 0.6 is 0 Å². The largest absolute Gasteiger partial charge is 0.306 e. The van der Waals surface area contributed by atoms with Gasteiger partial charge in [0.1, 0.15) is 0 Å². The smallest absolute Gasteiger partial charge is 0.207 e. The summed E-state index contributed by atoms with van der Waals surface area (Å²) in [5.41, 5.74) is 13.8. The fourth-order valence-corrected chi connectivity index (χ4v) is 10.4. The highest BCUT2D eigenvalue weighted by Gasteiger charge is 2.35. The first-order chi connectivity index (χ1) is 27.6. The van der Waals surface area contributed by atoms with Gasteiger partial charge in [0, 0.05) is 29.2 Å². The number of rotatable bonds is 4. The first kappa shape index (κ1) is 32.3. The van der Waals surface area contributed by atoms with Crippen molar-refractivity contribution in [2.75, 3.05) is 19.6 Å². The highest BCUT2D eigenvalue weighted by Crippen LogP contribution is 2.56. The minimum absolute atomic E-state index is 0.359. The number of benzene rings is 8. The van der Waals surface area contributed by atoms with Crippen molar-refractivity contribution in [1.82, 2.24) is 0 Å². The van der Waals surface area contributed by atoms with E-state index in [4.69, 9.17) is 0 Å². The summed E-state index contributed by atoms with van der Waals surface area (Å²) in [6, 6.07) is 66.0. The molecule has 0 radical (unpaired) electrons. The predicted molar refractivity (Wildman–Crippen MR) is 227 cm³/mol. The molecule has 7 heteroatoms. The van der Waals surface area contributed by atoms with Crippen LogP contribution in [0.3, 0.4) is 0 Å². The summed E-state index contributed by atoms with van der Waals surface area (Å²) >= 11 is 0. The number of para-hydroxylation sites is 10. The summed E-state index contributed by atoms with van der Waals surface area (Å²) < 4.78 is 28.8. The van der Waals surface area contributed by atoms with Gasteiger partial charge in [0.2, 0.25) is 9.84 Å². The monoisotopic (exact) mass is 742 g/mol. The summed E-state index contributed by atoms with van der Waals surface area (Å²) in [7, 11) is -3.78. The van der Waals surface area contributed by atoms with E-state index in [0.29, 0.717) is 16.2 Å². The van der Waals surface area contributed by atoms with Crippen molar-refractivity contribution in [1.29, 1.82) is 0 Å². The molecule has 0 aliphatic carbocycles. The summed E-state index contributed by atoms with van der Waals surface area (Å²) in [6.07, 6.45) is 0.478. The molecule has 11 rings (SSSR count). The molecule has 0 amide bonds. The van der Waals surface area contributed by atoms with Crippen LogP contribution in [0.1, 0.15) is 11.1 Å². The van der Waals surface area contributed by atoms with E-state index in [1.807, 2.05) is 24.3 Å². The van der Waals surface area contributed by atoms with E-state index in [-0.39, 0.29) is 0 Å². The minimum Gasteiger partial charge on any atom is -0.306 e. The fourth-order valence-electron chi connectivity index (χ4n) is 8.69. The Bertz CT molecular complexity index is 2660. The molecule has 8 aromatic carbocycles. The summed E-state index contributed by atoms with van der Waals surface area (Å²) in [6.45, 7) is 0. The van der Waals surface area contributed by atoms with Crippen molar-refractivity contribution in [2.24, 2.45) is 0 Å². The van der Waals surface area contributed by atoms with E-state index >= 15 is 0 Å². The Hall–Kier alpha value is -7.09. The van der Waals surface area contributed by atoms with E-state index in [2.05, 4.69) is 177 Å². The van der Waals surface area contributed by atoms with Gasteiger partial charge in [-0.3, -0.25) is 0 Å². The zero-order valence-corrected chi connectivity index (χ0v) is 31.0. The molecule has 268 valence electrons. The van der Waals surface area contributed by atoms with E-state index in [9.17, 15) is 8.42 Å². The second-order valence-corrected chi connectivity index (χ2v) is 16.1. The summed E-state index contributed by atoms with van der Waals surface area (Å²) in [5.74, 6) is 0. The Kier molecular flexibility index (Phi) is 7.21.